The lowest BCUT2D eigenvalue weighted by molar-refractivity contribution is 0.441. The third-order valence-electron chi connectivity index (χ3n) is 2.81. The Bertz CT molecular complexity index is 126. The molecule has 2 rings (SSSR count). The zero-order valence-electron chi connectivity index (χ0n) is 8.67. The van der Waals surface area contributed by atoms with Crippen molar-refractivity contribution < 1.29 is 0 Å². The summed E-state index contributed by atoms with van der Waals surface area (Å²) in [6, 6.07) is 0.536. The third-order valence-corrected chi connectivity index (χ3v) is 2.81. The first-order valence-corrected chi connectivity index (χ1v) is 5.80. The molecule has 0 amide bonds. The van der Waals surface area contributed by atoms with E-state index in [0.29, 0.717) is 6.04 Å². The van der Waals surface area contributed by atoms with E-state index in [4.69, 9.17) is 5.73 Å². The summed E-state index contributed by atoms with van der Waals surface area (Å²) in [7, 11) is 0. The van der Waals surface area contributed by atoms with Crippen molar-refractivity contribution in [2.45, 2.75) is 63.8 Å². The summed E-state index contributed by atoms with van der Waals surface area (Å²) in [5, 5.41) is 0. The molecule has 2 aliphatic carbocycles. The molecular formula is C12H23N. The molecule has 1 fully saturated rings. The predicted octanol–water partition coefficient (Wildman–Crippen LogP) is 3.39. The van der Waals surface area contributed by atoms with Crippen LogP contribution in [0.25, 0.3) is 0 Å². The molecule has 0 aromatic carbocycles. The van der Waals surface area contributed by atoms with E-state index in [2.05, 4.69) is 12.2 Å². The first-order chi connectivity index (χ1) is 6.39. The predicted molar refractivity (Wildman–Crippen MR) is 58.7 cm³/mol. The van der Waals surface area contributed by atoms with Gasteiger partial charge in [0, 0.05) is 6.04 Å². The van der Waals surface area contributed by atoms with Gasteiger partial charge in [0.05, 0.1) is 0 Å². The maximum Gasteiger partial charge on any atom is 0.00388 e. The van der Waals surface area contributed by atoms with Crippen LogP contribution < -0.4 is 5.73 Å². The van der Waals surface area contributed by atoms with Crippen LogP contribution in [0, 0.1) is 0 Å². The fourth-order valence-electron chi connectivity index (χ4n) is 1.89. The van der Waals surface area contributed by atoms with Crippen molar-refractivity contribution in [3.8, 4) is 0 Å². The molecule has 0 saturated heterocycles. The van der Waals surface area contributed by atoms with Gasteiger partial charge in [0.25, 0.3) is 0 Å². The van der Waals surface area contributed by atoms with Crippen molar-refractivity contribution in [1.82, 2.24) is 0 Å². The summed E-state index contributed by atoms with van der Waals surface area (Å²) in [6.45, 7) is 0. The van der Waals surface area contributed by atoms with Crippen LogP contribution >= 0.6 is 0 Å². The molecule has 0 aromatic rings. The van der Waals surface area contributed by atoms with Crippen LogP contribution in [-0.2, 0) is 0 Å². The molecule has 0 unspecified atom stereocenters. The molecule has 0 spiro atoms. The Morgan fingerprint density at radius 1 is 0.769 bits per heavy atom. The van der Waals surface area contributed by atoms with Gasteiger partial charge >= 0.3 is 0 Å². The molecule has 0 heterocycles. The van der Waals surface area contributed by atoms with Gasteiger partial charge in [-0.2, -0.15) is 0 Å². The SMILES string of the molecule is C1=CCCCC1.NC1CCCCC1. The number of hydrogen-bond donors (Lipinski definition) is 1. The van der Waals surface area contributed by atoms with Gasteiger partial charge in [-0.15, -0.1) is 0 Å². The second-order valence-corrected chi connectivity index (χ2v) is 4.15. The zero-order valence-corrected chi connectivity index (χ0v) is 8.67. The molecular weight excluding hydrogens is 158 g/mol. The zero-order chi connectivity index (χ0) is 9.36. The van der Waals surface area contributed by atoms with E-state index >= 15 is 0 Å². The first-order valence-electron chi connectivity index (χ1n) is 5.80. The summed E-state index contributed by atoms with van der Waals surface area (Å²) in [6.07, 6.45) is 16.7. The number of hydrogen-bond acceptors (Lipinski definition) is 1. The standard InChI is InChI=1S/C6H13N.C6H10/c7-6-4-2-1-3-5-6;1-2-4-6-5-3-1/h6H,1-5,7H2;1-2H,3-6H2. The molecule has 0 bridgehead atoms. The van der Waals surface area contributed by atoms with E-state index in [-0.39, 0.29) is 0 Å². The van der Waals surface area contributed by atoms with E-state index in [0.717, 1.165) is 0 Å². The van der Waals surface area contributed by atoms with E-state index in [1.54, 1.807) is 0 Å². The van der Waals surface area contributed by atoms with E-state index in [9.17, 15) is 0 Å². The van der Waals surface area contributed by atoms with Crippen LogP contribution in [0.1, 0.15) is 57.8 Å². The highest BCUT2D eigenvalue weighted by molar-refractivity contribution is 4.85. The first kappa shape index (κ1) is 10.8. The number of allylic oxidation sites excluding steroid dienone is 2. The van der Waals surface area contributed by atoms with E-state index in [1.807, 2.05) is 0 Å². The Morgan fingerprint density at radius 2 is 1.31 bits per heavy atom. The van der Waals surface area contributed by atoms with Crippen molar-refractivity contribution in [3.63, 3.8) is 0 Å². The van der Waals surface area contributed by atoms with Crippen LogP contribution in [0.5, 0.6) is 0 Å². The fourth-order valence-corrected chi connectivity index (χ4v) is 1.89. The highest BCUT2D eigenvalue weighted by Gasteiger charge is 2.06. The largest absolute Gasteiger partial charge is 0.328 e. The van der Waals surface area contributed by atoms with Crippen LogP contribution in [0.2, 0.25) is 0 Å². The summed E-state index contributed by atoms with van der Waals surface area (Å²) < 4.78 is 0. The molecule has 76 valence electrons. The second-order valence-electron chi connectivity index (χ2n) is 4.15. The quantitative estimate of drug-likeness (QED) is 0.569. The van der Waals surface area contributed by atoms with Gasteiger partial charge in [0.1, 0.15) is 0 Å². The Hall–Kier alpha value is -0.300. The minimum atomic E-state index is 0.536. The molecule has 13 heavy (non-hydrogen) atoms. The van der Waals surface area contributed by atoms with Gasteiger partial charge in [-0.05, 0) is 38.5 Å². The van der Waals surface area contributed by atoms with Gasteiger partial charge in [0.2, 0.25) is 0 Å². The van der Waals surface area contributed by atoms with Gasteiger partial charge in [-0.1, -0.05) is 31.4 Å². The Balaban J connectivity index is 0.000000132. The topological polar surface area (TPSA) is 26.0 Å². The third kappa shape index (κ3) is 5.87. The molecule has 2 N–H and O–H groups in total. The van der Waals surface area contributed by atoms with Crippen LogP contribution in [0.4, 0.5) is 0 Å². The summed E-state index contributed by atoms with van der Waals surface area (Å²) in [5.41, 5.74) is 5.63. The van der Waals surface area contributed by atoms with Gasteiger partial charge in [-0.3, -0.25) is 0 Å². The summed E-state index contributed by atoms with van der Waals surface area (Å²) in [4.78, 5) is 0. The normalized spacial score (nSPS) is 23.5. The minimum Gasteiger partial charge on any atom is -0.328 e. The average molecular weight is 181 g/mol. The lowest BCUT2D eigenvalue weighted by Crippen LogP contribution is -2.22. The maximum atomic E-state index is 5.63. The van der Waals surface area contributed by atoms with Crippen molar-refractivity contribution >= 4 is 0 Å². The number of rotatable bonds is 0. The lowest BCUT2D eigenvalue weighted by Gasteiger charge is -2.15. The molecule has 1 saturated carbocycles. The van der Waals surface area contributed by atoms with Crippen molar-refractivity contribution in [2.24, 2.45) is 5.73 Å². The molecule has 1 heteroatoms. The molecule has 1 nitrogen and oxygen atoms in total. The molecule has 0 aliphatic heterocycles. The molecule has 0 aromatic heterocycles. The minimum absolute atomic E-state index is 0.536. The van der Waals surface area contributed by atoms with E-state index < -0.39 is 0 Å². The van der Waals surface area contributed by atoms with Gasteiger partial charge in [-0.25, -0.2) is 0 Å². The molecule has 0 radical (unpaired) electrons. The van der Waals surface area contributed by atoms with Crippen LogP contribution in [0.15, 0.2) is 12.2 Å². The number of nitrogens with two attached hydrogens (primary N) is 1. The van der Waals surface area contributed by atoms with E-state index in [1.165, 1.54) is 57.8 Å². The fraction of sp³-hybridized carbons (Fsp3) is 0.833. The highest BCUT2D eigenvalue weighted by atomic mass is 14.6. The van der Waals surface area contributed by atoms with Crippen molar-refractivity contribution in [2.75, 3.05) is 0 Å². The highest BCUT2D eigenvalue weighted by Crippen LogP contribution is 2.14. The van der Waals surface area contributed by atoms with Gasteiger partial charge in [0.15, 0.2) is 0 Å². The monoisotopic (exact) mass is 181 g/mol. The maximum absolute atomic E-state index is 5.63. The average Bonchev–Trinajstić information content (AvgIpc) is 2.22. The summed E-state index contributed by atoms with van der Waals surface area (Å²) >= 11 is 0. The van der Waals surface area contributed by atoms with Crippen molar-refractivity contribution in [3.05, 3.63) is 12.2 Å². The smallest absolute Gasteiger partial charge is 0.00388 e. The summed E-state index contributed by atoms with van der Waals surface area (Å²) in [5.74, 6) is 0. The Labute approximate surface area is 82.4 Å². The van der Waals surface area contributed by atoms with Gasteiger partial charge < -0.3 is 5.73 Å². The van der Waals surface area contributed by atoms with Crippen LogP contribution in [0.3, 0.4) is 0 Å². The van der Waals surface area contributed by atoms with Crippen LogP contribution in [-0.4, -0.2) is 6.04 Å². The lowest BCUT2D eigenvalue weighted by atomic mass is 9.97. The second kappa shape index (κ2) is 7.14. The van der Waals surface area contributed by atoms with Crippen molar-refractivity contribution in [1.29, 1.82) is 0 Å². The molecule has 0 atom stereocenters. The molecule has 2 aliphatic rings. The Morgan fingerprint density at radius 3 is 1.54 bits per heavy atom. The Kier molecular flexibility index (Phi) is 5.92.